The Kier molecular flexibility index (Phi) is 4.00. The molecule has 1 unspecified atom stereocenters. The molecule has 1 aliphatic rings. The van der Waals surface area contributed by atoms with Crippen LogP contribution in [0.15, 0.2) is 29.8 Å². The van der Waals surface area contributed by atoms with Crippen LogP contribution in [0.1, 0.15) is 22.2 Å². The van der Waals surface area contributed by atoms with Crippen LogP contribution in [-0.4, -0.2) is 30.1 Å². The Bertz CT molecular complexity index is 571. The Morgan fingerprint density at radius 2 is 2.40 bits per heavy atom. The van der Waals surface area contributed by atoms with Crippen molar-refractivity contribution in [2.24, 2.45) is 5.73 Å². The number of thiazole rings is 1. The predicted molar refractivity (Wildman–Crippen MR) is 81.0 cm³/mol. The van der Waals surface area contributed by atoms with Crippen molar-refractivity contribution < 1.29 is 4.74 Å². The normalized spacial score (nSPS) is 18.2. The number of methoxy groups -OCH3 is 1. The average molecular weight is 289 g/mol. The minimum absolute atomic E-state index is 0.292. The van der Waals surface area contributed by atoms with E-state index in [1.165, 1.54) is 16.1 Å². The van der Waals surface area contributed by atoms with E-state index in [0.717, 1.165) is 25.3 Å². The molecule has 0 aliphatic carbocycles. The molecule has 1 aromatic carbocycles. The second kappa shape index (κ2) is 5.91. The summed E-state index contributed by atoms with van der Waals surface area (Å²) in [6, 6.07) is 6.53. The van der Waals surface area contributed by atoms with Crippen molar-refractivity contribution in [1.29, 1.82) is 0 Å². The zero-order valence-corrected chi connectivity index (χ0v) is 12.4. The van der Waals surface area contributed by atoms with Gasteiger partial charge in [0.15, 0.2) is 0 Å². The zero-order valence-electron chi connectivity index (χ0n) is 11.6. The van der Waals surface area contributed by atoms with E-state index in [1.54, 1.807) is 18.4 Å². The third kappa shape index (κ3) is 2.44. The molecule has 0 fully saturated rings. The maximum atomic E-state index is 5.98. The topological polar surface area (TPSA) is 51.4 Å². The van der Waals surface area contributed by atoms with Gasteiger partial charge in [0.05, 0.1) is 12.1 Å². The first-order valence-corrected chi connectivity index (χ1v) is 7.69. The van der Waals surface area contributed by atoms with Crippen molar-refractivity contribution in [3.8, 4) is 5.75 Å². The van der Waals surface area contributed by atoms with Gasteiger partial charge >= 0.3 is 0 Å². The molecule has 106 valence electrons. The van der Waals surface area contributed by atoms with E-state index in [9.17, 15) is 0 Å². The number of hydrogen-bond acceptors (Lipinski definition) is 5. The molecule has 0 saturated carbocycles. The minimum Gasteiger partial charge on any atom is -0.496 e. The highest BCUT2D eigenvalue weighted by Gasteiger charge is 2.30. The summed E-state index contributed by atoms with van der Waals surface area (Å²) in [7, 11) is 1.73. The smallest absolute Gasteiger partial charge is 0.123 e. The van der Waals surface area contributed by atoms with Gasteiger partial charge < -0.3 is 10.5 Å². The first kappa shape index (κ1) is 13.5. The summed E-state index contributed by atoms with van der Waals surface area (Å²) in [5.41, 5.74) is 8.58. The number of hydrogen-bond donors (Lipinski definition) is 1. The fourth-order valence-corrected chi connectivity index (χ4v) is 3.50. The molecule has 1 aliphatic heterocycles. The van der Waals surface area contributed by atoms with Crippen molar-refractivity contribution >= 4 is 11.3 Å². The third-order valence-corrected chi connectivity index (χ3v) is 4.71. The highest BCUT2D eigenvalue weighted by atomic mass is 32.1. The van der Waals surface area contributed by atoms with Crippen LogP contribution < -0.4 is 10.5 Å². The highest BCUT2D eigenvalue weighted by Crippen LogP contribution is 2.38. The fraction of sp³-hybridized carbons (Fsp3) is 0.400. The molecule has 20 heavy (non-hydrogen) atoms. The lowest BCUT2D eigenvalue weighted by molar-refractivity contribution is 0.221. The molecule has 0 spiro atoms. The Morgan fingerprint density at radius 3 is 3.10 bits per heavy atom. The van der Waals surface area contributed by atoms with Gasteiger partial charge in [-0.2, -0.15) is 0 Å². The van der Waals surface area contributed by atoms with Gasteiger partial charge in [-0.15, -0.1) is 11.3 Å². The molecule has 2 N–H and O–H groups in total. The lowest BCUT2D eigenvalue weighted by Crippen LogP contribution is -2.29. The van der Waals surface area contributed by atoms with Crippen molar-refractivity contribution in [2.45, 2.75) is 19.0 Å². The van der Waals surface area contributed by atoms with Gasteiger partial charge in [0.2, 0.25) is 0 Å². The van der Waals surface area contributed by atoms with E-state index >= 15 is 0 Å². The molecule has 0 radical (unpaired) electrons. The lowest BCUT2D eigenvalue weighted by Gasteiger charge is -2.23. The third-order valence-electron chi connectivity index (χ3n) is 3.87. The molecular formula is C15H19N3OS. The maximum absolute atomic E-state index is 5.98. The van der Waals surface area contributed by atoms with Crippen molar-refractivity contribution in [3.05, 3.63) is 45.9 Å². The number of rotatable bonds is 5. The predicted octanol–water partition coefficient (Wildman–Crippen LogP) is 2.21. The van der Waals surface area contributed by atoms with Gasteiger partial charge in [-0.1, -0.05) is 12.1 Å². The second-order valence-corrected chi connectivity index (χ2v) is 5.90. The lowest BCUT2D eigenvalue weighted by atomic mass is 10.0. The Labute approximate surface area is 123 Å². The van der Waals surface area contributed by atoms with E-state index in [1.807, 2.05) is 23.7 Å². The zero-order chi connectivity index (χ0) is 13.9. The summed E-state index contributed by atoms with van der Waals surface area (Å²) >= 11 is 1.71. The SMILES string of the molecule is COc1cccc2c1CN(CCc1nccs1)C2CN. The molecular weight excluding hydrogens is 270 g/mol. The first-order chi connectivity index (χ1) is 9.83. The number of fused-ring (bicyclic) bond motifs is 1. The van der Waals surface area contributed by atoms with Crippen LogP contribution in [0.25, 0.3) is 0 Å². The number of ether oxygens (including phenoxy) is 1. The van der Waals surface area contributed by atoms with Crippen LogP contribution in [-0.2, 0) is 13.0 Å². The largest absolute Gasteiger partial charge is 0.496 e. The van der Waals surface area contributed by atoms with Gasteiger partial charge in [0.1, 0.15) is 5.75 Å². The minimum atomic E-state index is 0.292. The summed E-state index contributed by atoms with van der Waals surface area (Å²) in [6.07, 6.45) is 2.84. The van der Waals surface area contributed by atoms with E-state index in [2.05, 4.69) is 16.0 Å². The van der Waals surface area contributed by atoms with Crippen LogP contribution in [0, 0.1) is 0 Å². The summed E-state index contributed by atoms with van der Waals surface area (Å²) in [6.45, 7) is 2.53. The number of aromatic nitrogens is 1. The van der Waals surface area contributed by atoms with Gasteiger partial charge in [-0.3, -0.25) is 4.90 Å². The van der Waals surface area contributed by atoms with E-state index in [4.69, 9.17) is 10.5 Å². The van der Waals surface area contributed by atoms with Crippen LogP contribution in [0.5, 0.6) is 5.75 Å². The van der Waals surface area contributed by atoms with Crippen LogP contribution in [0.3, 0.4) is 0 Å². The molecule has 2 heterocycles. The quantitative estimate of drug-likeness (QED) is 0.917. The number of nitrogens with zero attached hydrogens (tertiary/aromatic N) is 2. The number of benzene rings is 1. The Morgan fingerprint density at radius 1 is 1.50 bits per heavy atom. The average Bonchev–Trinajstić information content (AvgIpc) is 3.11. The number of nitrogens with two attached hydrogens (primary N) is 1. The van der Waals surface area contributed by atoms with Crippen LogP contribution in [0.2, 0.25) is 0 Å². The van der Waals surface area contributed by atoms with Crippen LogP contribution in [0.4, 0.5) is 0 Å². The molecule has 4 nitrogen and oxygen atoms in total. The molecule has 3 rings (SSSR count). The van der Waals surface area contributed by atoms with Crippen molar-refractivity contribution in [1.82, 2.24) is 9.88 Å². The van der Waals surface area contributed by atoms with Crippen molar-refractivity contribution in [2.75, 3.05) is 20.2 Å². The molecule has 0 amide bonds. The Hall–Kier alpha value is -1.43. The summed E-state index contributed by atoms with van der Waals surface area (Å²) < 4.78 is 5.47. The first-order valence-electron chi connectivity index (χ1n) is 6.81. The van der Waals surface area contributed by atoms with Gasteiger partial charge in [-0.25, -0.2) is 4.98 Å². The Balaban J connectivity index is 1.77. The van der Waals surface area contributed by atoms with E-state index in [0.29, 0.717) is 12.6 Å². The molecule has 0 bridgehead atoms. The highest BCUT2D eigenvalue weighted by molar-refractivity contribution is 7.09. The van der Waals surface area contributed by atoms with Gasteiger partial charge in [-0.05, 0) is 11.6 Å². The molecule has 5 heteroatoms. The van der Waals surface area contributed by atoms with E-state index in [-0.39, 0.29) is 0 Å². The monoisotopic (exact) mass is 289 g/mol. The van der Waals surface area contributed by atoms with Crippen molar-refractivity contribution in [3.63, 3.8) is 0 Å². The van der Waals surface area contributed by atoms with Gasteiger partial charge in [0, 0.05) is 49.2 Å². The fourth-order valence-electron chi connectivity index (χ4n) is 2.89. The summed E-state index contributed by atoms with van der Waals surface area (Å²) in [5, 5.41) is 3.21. The molecule has 1 aromatic heterocycles. The molecule has 1 atom stereocenters. The molecule has 2 aromatic rings. The second-order valence-electron chi connectivity index (χ2n) is 4.93. The van der Waals surface area contributed by atoms with E-state index < -0.39 is 0 Å². The summed E-state index contributed by atoms with van der Waals surface area (Å²) in [5.74, 6) is 0.970. The van der Waals surface area contributed by atoms with Gasteiger partial charge in [0.25, 0.3) is 0 Å². The van der Waals surface area contributed by atoms with Crippen LogP contribution >= 0.6 is 11.3 Å². The molecule has 0 saturated heterocycles. The standard InChI is InChI=1S/C15H19N3OS/c1-19-14-4-2-3-11-12(14)10-18(13(11)9-16)7-5-15-17-6-8-20-15/h2-4,6,8,13H,5,7,9-10,16H2,1H3. The maximum Gasteiger partial charge on any atom is 0.123 e. The summed E-state index contributed by atoms with van der Waals surface area (Å²) in [4.78, 5) is 6.77.